The Kier molecular flexibility index (Phi) is 5.09. The third kappa shape index (κ3) is 3.79. The molecular formula is C15H13ClN2OS. The molecule has 3 nitrogen and oxygen atoms in total. The molecule has 0 saturated carbocycles. The molecule has 2 rings (SSSR count). The highest BCUT2D eigenvalue weighted by molar-refractivity contribution is 7.80. The van der Waals surface area contributed by atoms with Gasteiger partial charge in [0.15, 0.2) is 0 Å². The van der Waals surface area contributed by atoms with Gasteiger partial charge in [-0.05, 0) is 30.3 Å². The number of nitrogens with zero attached hydrogens (tertiary/aromatic N) is 1. The predicted octanol–water partition coefficient (Wildman–Crippen LogP) is 3.65. The van der Waals surface area contributed by atoms with Crippen molar-refractivity contribution in [3.05, 3.63) is 64.7 Å². The molecular weight excluding hydrogens is 292 g/mol. The summed E-state index contributed by atoms with van der Waals surface area (Å²) >= 11 is 11.3. The van der Waals surface area contributed by atoms with Crippen molar-refractivity contribution in [1.82, 2.24) is 5.43 Å². The molecule has 0 aliphatic carbocycles. The lowest BCUT2D eigenvalue weighted by atomic mass is 10.2. The molecule has 0 aliphatic rings. The summed E-state index contributed by atoms with van der Waals surface area (Å²) in [5, 5.41) is 4.74. The van der Waals surface area contributed by atoms with Crippen LogP contribution in [0.1, 0.15) is 11.1 Å². The number of rotatable bonds is 4. The molecule has 102 valence electrons. The lowest BCUT2D eigenvalue weighted by Crippen LogP contribution is -2.16. The van der Waals surface area contributed by atoms with Crippen LogP contribution >= 0.6 is 23.8 Å². The zero-order chi connectivity index (χ0) is 14.4. The largest absolute Gasteiger partial charge is 0.497 e. The van der Waals surface area contributed by atoms with Gasteiger partial charge in [-0.1, -0.05) is 42.0 Å². The Morgan fingerprint density at radius 2 is 1.90 bits per heavy atom. The van der Waals surface area contributed by atoms with Gasteiger partial charge < -0.3 is 4.74 Å². The number of nitrogens with one attached hydrogen (secondary N) is 1. The second kappa shape index (κ2) is 7.03. The molecule has 0 saturated heterocycles. The maximum atomic E-state index is 6.02. The predicted molar refractivity (Wildman–Crippen MR) is 86.9 cm³/mol. The number of benzene rings is 2. The van der Waals surface area contributed by atoms with Crippen molar-refractivity contribution in [3.63, 3.8) is 0 Å². The van der Waals surface area contributed by atoms with Crippen molar-refractivity contribution in [2.24, 2.45) is 5.10 Å². The zero-order valence-electron chi connectivity index (χ0n) is 10.8. The fourth-order valence-electron chi connectivity index (χ4n) is 1.55. The topological polar surface area (TPSA) is 33.6 Å². The summed E-state index contributed by atoms with van der Waals surface area (Å²) in [7, 11) is 1.62. The molecule has 1 N–H and O–H groups in total. The van der Waals surface area contributed by atoms with E-state index in [9.17, 15) is 0 Å². The standard InChI is InChI=1S/C15H13ClN2OS/c1-19-13-8-6-11(7-9-13)15(20)18-17-10-12-4-2-3-5-14(12)16/h2-10H,1H3,(H,18,20)/b17-10+. The Balaban J connectivity index is 1.99. The van der Waals surface area contributed by atoms with E-state index in [1.54, 1.807) is 13.3 Å². The van der Waals surface area contributed by atoms with E-state index in [4.69, 9.17) is 28.6 Å². The molecule has 0 bridgehead atoms. The van der Waals surface area contributed by atoms with Crippen LogP contribution in [0.2, 0.25) is 5.02 Å². The van der Waals surface area contributed by atoms with Gasteiger partial charge in [-0.2, -0.15) is 5.10 Å². The third-order valence-corrected chi connectivity index (χ3v) is 3.30. The highest BCUT2D eigenvalue weighted by atomic mass is 35.5. The van der Waals surface area contributed by atoms with Crippen molar-refractivity contribution >= 4 is 35.0 Å². The van der Waals surface area contributed by atoms with E-state index in [0.717, 1.165) is 16.9 Å². The first-order valence-electron chi connectivity index (χ1n) is 5.92. The fraction of sp³-hybridized carbons (Fsp3) is 0.0667. The number of hydrazone groups is 1. The van der Waals surface area contributed by atoms with E-state index in [0.29, 0.717) is 10.0 Å². The second-order valence-corrected chi connectivity index (χ2v) is 4.76. The van der Waals surface area contributed by atoms with Crippen molar-refractivity contribution in [1.29, 1.82) is 0 Å². The molecule has 0 unspecified atom stereocenters. The van der Waals surface area contributed by atoms with E-state index in [1.165, 1.54) is 0 Å². The van der Waals surface area contributed by atoms with E-state index in [2.05, 4.69) is 10.5 Å². The van der Waals surface area contributed by atoms with Gasteiger partial charge in [-0.15, -0.1) is 0 Å². The Morgan fingerprint density at radius 1 is 1.20 bits per heavy atom. The minimum absolute atomic E-state index is 0.538. The van der Waals surface area contributed by atoms with Crippen molar-refractivity contribution in [3.8, 4) is 5.75 Å². The molecule has 0 radical (unpaired) electrons. The molecule has 0 aliphatic heterocycles. The maximum Gasteiger partial charge on any atom is 0.126 e. The first-order valence-corrected chi connectivity index (χ1v) is 6.71. The molecule has 5 heteroatoms. The monoisotopic (exact) mass is 304 g/mol. The quantitative estimate of drug-likeness (QED) is 0.532. The van der Waals surface area contributed by atoms with Crippen LogP contribution in [0.3, 0.4) is 0 Å². The second-order valence-electron chi connectivity index (χ2n) is 3.95. The van der Waals surface area contributed by atoms with E-state index in [1.807, 2.05) is 48.5 Å². The summed E-state index contributed by atoms with van der Waals surface area (Å²) in [5.41, 5.74) is 4.52. The van der Waals surface area contributed by atoms with Crippen LogP contribution in [-0.4, -0.2) is 18.3 Å². The average Bonchev–Trinajstić information content (AvgIpc) is 2.49. The molecule has 2 aromatic carbocycles. The van der Waals surface area contributed by atoms with Crippen LogP contribution in [0.4, 0.5) is 0 Å². The molecule has 2 aromatic rings. The normalized spacial score (nSPS) is 10.5. The van der Waals surface area contributed by atoms with E-state index in [-0.39, 0.29) is 0 Å². The van der Waals surface area contributed by atoms with Crippen LogP contribution in [0.5, 0.6) is 5.75 Å². The summed E-state index contributed by atoms with van der Waals surface area (Å²) in [6, 6.07) is 14.9. The molecule has 0 spiro atoms. The summed E-state index contributed by atoms with van der Waals surface area (Å²) < 4.78 is 5.09. The smallest absolute Gasteiger partial charge is 0.126 e. The Morgan fingerprint density at radius 3 is 2.55 bits per heavy atom. The van der Waals surface area contributed by atoms with Crippen molar-refractivity contribution < 1.29 is 4.74 Å². The van der Waals surface area contributed by atoms with Crippen LogP contribution in [0.25, 0.3) is 0 Å². The lowest BCUT2D eigenvalue weighted by Gasteiger charge is -2.04. The number of methoxy groups -OCH3 is 1. The average molecular weight is 305 g/mol. The highest BCUT2D eigenvalue weighted by Crippen LogP contribution is 2.13. The van der Waals surface area contributed by atoms with Gasteiger partial charge in [-0.3, -0.25) is 5.43 Å². The Labute approximate surface area is 128 Å². The maximum absolute atomic E-state index is 6.02. The van der Waals surface area contributed by atoms with Gasteiger partial charge in [0.25, 0.3) is 0 Å². The molecule has 0 heterocycles. The molecule has 0 aromatic heterocycles. The SMILES string of the molecule is COc1ccc(C(=S)N/N=C/c2ccccc2Cl)cc1. The highest BCUT2D eigenvalue weighted by Gasteiger charge is 2.00. The number of thiocarbonyl (C=S) groups is 1. The number of ether oxygens (including phenoxy) is 1. The van der Waals surface area contributed by atoms with Crippen LogP contribution in [-0.2, 0) is 0 Å². The van der Waals surface area contributed by atoms with Gasteiger partial charge >= 0.3 is 0 Å². The first-order chi connectivity index (χ1) is 9.70. The molecule has 0 fully saturated rings. The number of halogens is 1. The molecule has 0 amide bonds. The summed E-state index contributed by atoms with van der Waals surface area (Å²) in [4.78, 5) is 0.538. The zero-order valence-corrected chi connectivity index (χ0v) is 12.4. The summed E-state index contributed by atoms with van der Waals surface area (Å²) in [6.45, 7) is 0. The number of hydrogen-bond acceptors (Lipinski definition) is 3. The van der Waals surface area contributed by atoms with Gasteiger partial charge in [0, 0.05) is 16.1 Å². The Bertz CT molecular complexity index is 626. The van der Waals surface area contributed by atoms with Crippen molar-refractivity contribution in [2.45, 2.75) is 0 Å². The van der Waals surface area contributed by atoms with Crippen LogP contribution in [0, 0.1) is 0 Å². The Hall–Kier alpha value is -1.91. The number of hydrogen-bond donors (Lipinski definition) is 1. The van der Waals surface area contributed by atoms with Crippen molar-refractivity contribution in [2.75, 3.05) is 7.11 Å². The van der Waals surface area contributed by atoms with Crippen LogP contribution < -0.4 is 10.2 Å². The van der Waals surface area contributed by atoms with Gasteiger partial charge in [0.05, 0.1) is 13.3 Å². The van der Waals surface area contributed by atoms with Gasteiger partial charge in [0.1, 0.15) is 10.7 Å². The summed E-state index contributed by atoms with van der Waals surface area (Å²) in [5.74, 6) is 0.788. The van der Waals surface area contributed by atoms with E-state index >= 15 is 0 Å². The van der Waals surface area contributed by atoms with Gasteiger partial charge in [0.2, 0.25) is 0 Å². The summed E-state index contributed by atoms with van der Waals surface area (Å²) in [6.07, 6.45) is 1.64. The first kappa shape index (κ1) is 14.5. The molecule has 0 atom stereocenters. The lowest BCUT2D eigenvalue weighted by molar-refractivity contribution is 0.415. The fourth-order valence-corrected chi connectivity index (χ4v) is 1.92. The molecule has 20 heavy (non-hydrogen) atoms. The minimum Gasteiger partial charge on any atom is -0.497 e. The van der Waals surface area contributed by atoms with Gasteiger partial charge in [-0.25, -0.2) is 0 Å². The minimum atomic E-state index is 0.538. The van der Waals surface area contributed by atoms with E-state index < -0.39 is 0 Å². The van der Waals surface area contributed by atoms with Crippen LogP contribution in [0.15, 0.2) is 53.6 Å². The third-order valence-electron chi connectivity index (χ3n) is 2.63.